The third-order valence-electron chi connectivity index (χ3n) is 3.24. The smallest absolute Gasteiger partial charge is 0.137 e. The SMILES string of the molecule is Cc1ccn2c(CC#N)c(-c3ccc(F)cc3)nc2c1. The van der Waals surface area contributed by atoms with Gasteiger partial charge in [-0.1, -0.05) is 0 Å². The third kappa shape index (κ3) is 2.04. The number of aromatic nitrogens is 2. The number of fused-ring (bicyclic) bond motifs is 1. The predicted molar refractivity (Wildman–Crippen MR) is 74.6 cm³/mol. The molecule has 0 fully saturated rings. The molecule has 20 heavy (non-hydrogen) atoms. The standard InChI is InChI=1S/C16H12FN3/c1-11-7-9-20-14(6-8-18)16(19-15(20)10-11)12-2-4-13(17)5-3-12/h2-5,7,9-10H,6H2,1H3. The molecule has 0 atom stereocenters. The van der Waals surface area contributed by atoms with E-state index in [1.165, 1.54) is 12.1 Å². The molecule has 0 aliphatic carbocycles. The lowest BCUT2D eigenvalue weighted by Gasteiger charge is -2.01. The van der Waals surface area contributed by atoms with Gasteiger partial charge < -0.3 is 4.40 Å². The first kappa shape index (κ1) is 12.4. The van der Waals surface area contributed by atoms with E-state index in [0.717, 1.165) is 28.2 Å². The van der Waals surface area contributed by atoms with Crippen molar-refractivity contribution in [3.05, 3.63) is 59.7 Å². The second-order valence-corrected chi connectivity index (χ2v) is 4.68. The van der Waals surface area contributed by atoms with Gasteiger partial charge in [-0.05, 0) is 48.9 Å². The molecule has 4 heteroatoms. The quantitative estimate of drug-likeness (QED) is 0.711. The number of aryl methyl sites for hydroxylation is 1. The van der Waals surface area contributed by atoms with Crippen molar-refractivity contribution in [2.24, 2.45) is 0 Å². The molecular weight excluding hydrogens is 253 g/mol. The van der Waals surface area contributed by atoms with E-state index in [9.17, 15) is 4.39 Å². The molecule has 98 valence electrons. The van der Waals surface area contributed by atoms with E-state index >= 15 is 0 Å². The molecule has 0 unspecified atom stereocenters. The fourth-order valence-corrected chi connectivity index (χ4v) is 2.28. The van der Waals surface area contributed by atoms with E-state index in [0.29, 0.717) is 0 Å². The van der Waals surface area contributed by atoms with Crippen LogP contribution in [0.15, 0.2) is 42.6 Å². The Balaban J connectivity index is 2.26. The summed E-state index contributed by atoms with van der Waals surface area (Å²) in [6.07, 6.45) is 2.17. The summed E-state index contributed by atoms with van der Waals surface area (Å²) in [5, 5.41) is 9.02. The Morgan fingerprint density at radius 1 is 1.25 bits per heavy atom. The minimum absolute atomic E-state index is 0.261. The topological polar surface area (TPSA) is 41.1 Å². The Bertz CT molecular complexity index is 810. The number of nitrogens with zero attached hydrogens (tertiary/aromatic N) is 3. The van der Waals surface area contributed by atoms with Gasteiger partial charge in [-0.2, -0.15) is 5.26 Å². The molecule has 3 nitrogen and oxygen atoms in total. The Morgan fingerprint density at radius 2 is 2.00 bits per heavy atom. The van der Waals surface area contributed by atoms with Crippen LogP contribution in [-0.4, -0.2) is 9.38 Å². The fraction of sp³-hybridized carbons (Fsp3) is 0.125. The summed E-state index contributed by atoms with van der Waals surface area (Å²) in [7, 11) is 0. The van der Waals surface area contributed by atoms with E-state index in [1.807, 2.05) is 29.7 Å². The van der Waals surface area contributed by atoms with Crippen LogP contribution >= 0.6 is 0 Å². The number of hydrogen-bond donors (Lipinski definition) is 0. The Labute approximate surface area is 115 Å². The number of imidazole rings is 1. The van der Waals surface area contributed by atoms with Crippen LogP contribution in [0.5, 0.6) is 0 Å². The van der Waals surface area contributed by atoms with Crippen LogP contribution in [0.2, 0.25) is 0 Å². The molecule has 0 aliphatic heterocycles. The van der Waals surface area contributed by atoms with E-state index in [4.69, 9.17) is 5.26 Å². The third-order valence-corrected chi connectivity index (χ3v) is 3.24. The highest BCUT2D eigenvalue weighted by Crippen LogP contribution is 2.25. The van der Waals surface area contributed by atoms with E-state index in [1.54, 1.807) is 12.1 Å². The van der Waals surface area contributed by atoms with Gasteiger partial charge in [-0.15, -0.1) is 0 Å². The van der Waals surface area contributed by atoms with Crippen molar-refractivity contribution >= 4 is 5.65 Å². The van der Waals surface area contributed by atoms with E-state index in [-0.39, 0.29) is 12.2 Å². The minimum atomic E-state index is -0.282. The molecule has 0 saturated carbocycles. The summed E-state index contributed by atoms with van der Waals surface area (Å²) in [5.74, 6) is -0.282. The zero-order valence-corrected chi connectivity index (χ0v) is 11.0. The van der Waals surface area contributed by atoms with E-state index < -0.39 is 0 Å². The van der Waals surface area contributed by atoms with Crippen molar-refractivity contribution < 1.29 is 4.39 Å². The molecule has 0 N–H and O–H groups in total. The van der Waals surface area contributed by atoms with Gasteiger partial charge in [0.25, 0.3) is 0 Å². The lowest BCUT2D eigenvalue weighted by molar-refractivity contribution is 0.628. The van der Waals surface area contributed by atoms with Gasteiger partial charge in [0, 0.05) is 11.8 Å². The Morgan fingerprint density at radius 3 is 2.70 bits per heavy atom. The molecule has 1 aromatic carbocycles. The van der Waals surface area contributed by atoms with Gasteiger partial charge in [0.2, 0.25) is 0 Å². The summed E-state index contributed by atoms with van der Waals surface area (Å²) in [5.41, 5.74) is 4.29. The molecule has 0 amide bonds. The van der Waals surface area contributed by atoms with Gasteiger partial charge in [0.05, 0.1) is 23.9 Å². The minimum Gasteiger partial charge on any atom is -0.302 e. The molecule has 0 saturated heterocycles. The molecule has 0 spiro atoms. The molecule has 0 aliphatic rings. The Hall–Kier alpha value is -2.67. The van der Waals surface area contributed by atoms with Crippen molar-refractivity contribution in [3.63, 3.8) is 0 Å². The van der Waals surface area contributed by atoms with Crippen LogP contribution in [0.4, 0.5) is 4.39 Å². The van der Waals surface area contributed by atoms with Crippen molar-refractivity contribution in [1.29, 1.82) is 5.26 Å². The van der Waals surface area contributed by atoms with Gasteiger partial charge in [-0.25, -0.2) is 9.37 Å². The number of pyridine rings is 1. The normalized spacial score (nSPS) is 10.7. The maximum atomic E-state index is 13.0. The first-order valence-corrected chi connectivity index (χ1v) is 6.29. The molecular formula is C16H12FN3. The van der Waals surface area contributed by atoms with Crippen LogP contribution in [0.1, 0.15) is 11.3 Å². The fourth-order valence-electron chi connectivity index (χ4n) is 2.28. The van der Waals surface area contributed by atoms with Crippen molar-refractivity contribution in [3.8, 4) is 17.3 Å². The average molecular weight is 265 g/mol. The second-order valence-electron chi connectivity index (χ2n) is 4.68. The highest BCUT2D eigenvalue weighted by Gasteiger charge is 2.13. The van der Waals surface area contributed by atoms with E-state index in [2.05, 4.69) is 11.1 Å². The first-order valence-electron chi connectivity index (χ1n) is 6.29. The maximum Gasteiger partial charge on any atom is 0.137 e. The molecule has 2 heterocycles. The van der Waals surface area contributed by atoms with Crippen molar-refractivity contribution in [2.75, 3.05) is 0 Å². The summed E-state index contributed by atoms with van der Waals surface area (Å²) >= 11 is 0. The Kier molecular flexibility index (Phi) is 2.96. The number of hydrogen-bond acceptors (Lipinski definition) is 2. The summed E-state index contributed by atoms with van der Waals surface area (Å²) in [6, 6.07) is 12.3. The maximum absolute atomic E-state index is 13.0. The highest BCUT2D eigenvalue weighted by molar-refractivity contribution is 5.67. The van der Waals surface area contributed by atoms with Gasteiger partial charge >= 0.3 is 0 Å². The zero-order chi connectivity index (χ0) is 14.1. The molecule has 3 rings (SSSR count). The van der Waals surface area contributed by atoms with Crippen LogP contribution < -0.4 is 0 Å². The number of benzene rings is 1. The summed E-state index contributed by atoms with van der Waals surface area (Å²) in [4.78, 5) is 4.58. The zero-order valence-electron chi connectivity index (χ0n) is 11.0. The number of halogens is 1. The van der Waals surface area contributed by atoms with Crippen LogP contribution in [0.25, 0.3) is 16.9 Å². The average Bonchev–Trinajstić information content (AvgIpc) is 2.78. The predicted octanol–water partition coefficient (Wildman–Crippen LogP) is 3.51. The van der Waals surface area contributed by atoms with Crippen molar-refractivity contribution in [2.45, 2.75) is 13.3 Å². The number of rotatable bonds is 2. The van der Waals surface area contributed by atoms with Gasteiger partial charge in [0.1, 0.15) is 11.5 Å². The number of nitriles is 1. The lowest BCUT2D eigenvalue weighted by Crippen LogP contribution is -1.93. The van der Waals surface area contributed by atoms with Crippen molar-refractivity contribution in [1.82, 2.24) is 9.38 Å². The van der Waals surface area contributed by atoms with Gasteiger partial charge in [0.15, 0.2) is 0 Å². The van der Waals surface area contributed by atoms with Crippen LogP contribution in [0.3, 0.4) is 0 Å². The lowest BCUT2D eigenvalue weighted by atomic mass is 10.1. The highest BCUT2D eigenvalue weighted by atomic mass is 19.1. The summed E-state index contributed by atoms with van der Waals surface area (Å²) < 4.78 is 14.9. The monoisotopic (exact) mass is 265 g/mol. The molecule has 2 aromatic heterocycles. The van der Waals surface area contributed by atoms with Gasteiger partial charge in [-0.3, -0.25) is 0 Å². The van der Waals surface area contributed by atoms with Crippen LogP contribution in [0, 0.1) is 24.1 Å². The second kappa shape index (κ2) is 4.78. The largest absolute Gasteiger partial charge is 0.302 e. The summed E-state index contributed by atoms with van der Waals surface area (Å²) in [6.45, 7) is 2.00. The molecule has 3 aromatic rings. The molecule has 0 bridgehead atoms. The first-order chi connectivity index (χ1) is 9.69. The van der Waals surface area contributed by atoms with Crippen LogP contribution in [-0.2, 0) is 6.42 Å². The molecule has 0 radical (unpaired) electrons.